The van der Waals surface area contributed by atoms with Crippen molar-refractivity contribution < 1.29 is 4.79 Å². The summed E-state index contributed by atoms with van der Waals surface area (Å²) in [6.07, 6.45) is 7.41. The summed E-state index contributed by atoms with van der Waals surface area (Å²) in [4.78, 5) is 11.8. The third-order valence-corrected chi connectivity index (χ3v) is 4.13. The van der Waals surface area contributed by atoms with Crippen LogP contribution in [0.25, 0.3) is 0 Å². The van der Waals surface area contributed by atoms with Crippen LogP contribution in [0.15, 0.2) is 0 Å². The topological polar surface area (TPSA) is 66.9 Å². The SMILES string of the molecule is C#C[C@H](NC(=O)Nc1nnc(C(CC)CC)s1)C(C)C. The summed E-state index contributed by atoms with van der Waals surface area (Å²) in [7, 11) is 0. The minimum Gasteiger partial charge on any atom is -0.324 e. The average molecular weight is 294 g/mol. The first kappa shape index (κ1) is 16.4. The van der Waals surface area contributed by atoms with Gasteiger partial charge in [-0.1, -0.05) is 45.0 Å². The molecule has 0 aliphatic carbocycles. The van der Waals surface area contributed by atoms with Crippen LogP contribution in [0.5, 0.6) is 0 Å². The minimum atomic E-state index is -0.339. The summed E-state index contributed by atoms with van der Waals surface area (Å²) >= 11 is 1.42. The molecule has 5 nitrogen and oxygen atoms in total. The fourth-order valence-electron chi connectivity index (χ4n) is 1.76. The number of rotatable bonds is 6. The van der Waals surface area contributed by atoms with Gasteiger partial charge in [0.25, 0.3) is 0 Å². The number of urea groups is 1. The second-order valence-electron chi connectivity index (χ2n) is 4.95. The molecule has 2 N–H and O–H groups in total. The van der Waals surface area contributed by atoms with Crippen LogP contribution in [0.1, 0.15) is 51.5 Å². The number of carbonyl (C=O) groups excluding carboxylic acids is 1. The molecule has 0 aliphatic heterocycles. The van der Waals surface area contributed by atoms with E-state index in [1.54, 1.807) is 0 Å². The number of nitrogens with one attached hydrogen (secondary N) is 2. The van der Waals surface area contributed by atoms with Gasteiger partial charge < -0.3 is 5.32 Å². The lowest BCUT2D eigenvalue weighted by atomic mass is 10.1. The number of amides is 2. The molecule has 0 radical (unpaired) electrons. The van der Waals surface area contributed by atoms with Crippen molar-refractivity contribution >= 4 is 22.5 Å². The molecule has 0 aliphatic rings. The largest absolute Gasteiger partial charge is 0.324 e. The molecular formula is C14H22N4OS. The summed E-state index contributed by atoms with van der Waals surface area (Å²) in [5.41, 5.74) is 0. The molecule has 0 spiro atoms. The van der Waals surface area contributed by atoms with Crippen molar-refractivity contribution in [3.05, 3.63) is 5.01 Å². The van der Waals surface area contributed by atoms with Crippen LogP contribution in [-0.4, -0.2) is 22.3 Å². The standard InChI is InChI=1S/C14H22N4OS/c1-6-10(7-2)12-17-18-14(20-12)16-13(19)15-11(8-3)9(4)5/h3,9-11H,6-7H2,1-2,4-5H3,(H2,15,16,18,19)/t11-/m0/s1. The van der Waals surface area contributed by atoms with Gasteiger partial charge in [-0.2, -0.15) is 0 Å². The van der Waals surface area contributed by atoms with Crippen LogP contribution in [-0.2, 0) is 0 Å². The summed E-state index contributed by atoms with van der Waals surface area (Å²) < 4.78 is 0. The number of hydrogen-bond acceptors (Lipinski definition) is 4. The van der Waals surface area contributed by atoms with Crippen LogP contribution in [0.3, 0.4) is 0 Å². The Bertz CT molecular complexity index is 474. The van der Waals surface area contributed by atoms with E-state index in [1.165, 1.54) is 11.3 Å². The third kappa shape index (κ3) is 4.49. The van der Waals surface area contributed by atoms with Gasteiger partial charge in [-0.15, -0.1) is 16.6 Å². The quantitative estimate of drug-likeness (QED) is 0.792. The van der Waals surface area contributed by atoms with Crippen LogP contribution in [0.4, 0.5) is 9.93 Å². The average Bonchev–Trinajstić information content (AvgIpc) is 2.85. The van der Waals surface area contributed by atoms with E-state index < -0.39 is 0 Å². The van der Waals surface area contributed by atoms with Crippen LogP contribution >= 0.6 is 11.3 Å². The Morgan fingerprint density at radius 3 is 2.50 bits per heavy atom. The summed E-state index contributed by atoms with van der Waals surface area (Å²) in [6, 6.07) is -0.629. The van der Waals surface area contributed by atoms with E-state index in [0.717, 1.165) is 17.8 Å². The van der Waals surface area contributed by atoms with Crippen LogP contribution in [0.2, 0.25) is 0 Å². The highest BCUT2D eigenvalue weighted by molar-refractivity contribution is 7.15. The first-order valence-electron chi connectivity index (χ1n) is 6.88. The number of anilines is 1. The van der Waals surface area contributed by atoms with E-state index in [9.17, 15) is 4.79 Å². The zero-order chi connectivity index (χ0) is 15.1. The van der Waals surface area contributed by atoms with Crippen molar-refractivity contribution in [2.45, 2.75) is 52.5 Å². The number of terminal acetylenes is 1. The van der Waals surface area contributed by atoms with Gasteiger partial charge in [0.1, 0.15) is 5.01 Å². The van der Waals surface area contributed by atoms with Crippen molar-refractivity contribution in [1.82, 2.24) is 15.5 Å². The van der Waals surface area contributed by atoms with Gasteiger partial charge in [0, 0.05) is 5.92 Å². The van der Waals surface area contributed by atoms with Gasteiger partial charge in [-0.25, -0.2) is 4.79 Å². The predicted octanol–water partition coefficient (Wildman–Crippen LogP) is 3.22. The summed E-state index contributed by atoms with van der Waals surface area (Å²) in [5, 5.41) is 15.0. The smallest absolute Gasteiger partial charge is 0.322 e. The summed E-state index contributed by atoms with van der Waals surface area (Å²) in [5.74, 6) is 3.14. The number of aromatic nitrogens is 2. The molecule has 2 amide bonds. The van der Waals surface area contributed by atoms with Gasteiger partial charge in [-0.3, -0.25) is 5.32 Å². The number of carbonyl (C=O) groups is 1. The number of nitrogens with zero attached hydrogens (tertiary/aromatic N) is 2. The zero-order valence-electron chi connectivity index (χ0n) is 12.4. The fraction of sp³-hybridized carbons (Fsp3) is 0.643. The minimum absolute atomic E-state index is 0.181. The van der Waals surface area contributed by atoms with Crippen molar-refractivity contribution in [3.8, 4) is 12.3 Å². The van der Waals surface area contributed by atoms with E-state index in [4.69, 9.17) is 6.42 Å². The maximum absolute atomic E-state index is 11.8. The lowest BCUT2D eigenvalue weighted by molar-refractivity contribution is 0.248. The maximum atomic E-state index is 11.8. The van der Waals surface area contributed by atoms with Crippen molar-refractivity contribution in [2.24, 2.45) is 5.92 Å². The highest BCUT2D eigenvalue weighted by Gasteiger charge is 2.16. The second kappa shape index (κ2) is 7.85. The molecule has 1 aromatic rings. The second-order valence-corrected chi connectivity index (χ2v) is 5.95. The monoisotopic (exact) mass is 294 g/mol. The molecule has 0 bridgehead atoms. The van der Waals surface area contributed by atoms with E-state index in [2.05, 4.69) is 40.6 Å². The molecule has 0 saturated carbocycles. The molecular weight excluding hydrogens is 272 g/mol. The van der Waals surface area contributed by atoms with Crippen molar-refractivity contribution in [1.29, 1.82) is 0 Å². The normalized spacial score (nSPS) is 12.2. The molecule has 0 fully saturated rings. The van der Waals surface area contributed by atoms with Gasteiger partial charge >= 0.3 is 6.03 Å². The Labute approximate surface area is 124 Å². The fourth-order valence-corrected chi connectivity index (χ4v) is 2.77. The lowest BCUT2D eigenvalue weighted by Gasteiger charge is -2.16. The van der Waals surface area contributed by atoms with Crippen molar-refractivity contribution in [3.63, 3.8) is 0 Å². The lowest BCUT2D eigenvalue weighted by Crippen LogP contribution is -2.40. The predicted molar refractivity (Wildman–Crippen MR) is 82.8 cm³/mol. The Hall–Kier alpha value is -1.61. The highest BCUT2D eigenvalue weighted by Crippen LogP contribution is 2.27. The molecule has 1 aromatic heterocycles. The molecule has 110 valence electrons. The molecule has 0 unspecified atom stereocenters. The first-order valence-corrected chi connectivity index (χ1v) is 7.70. The van der Waals surface area contributed by atoms with Gasteiger partial charge in [-0.05, 0) is 18.8 Å². The highest BCUT2D eigenvalue weighted by atomic mass is 32.1. The van der Waals surface area contributed by atoms with Gasteiger partial charge in [0.2, 0.25) is 5.13 Å². The first-order chi connectivity index (χ1) is 9.51. The van der Waals surface area contributed by atoms with E-state index >= 15 is 0 Å². The number of hydrogen-bond donors (Lipinski definition) is 2. The Kier molecular flexibility index (Phi) is 6.46. The Balaban J connectivity index is 2.61. The van der Waals surface area contributed by atoms with E-state index in [-0.39, 0.29) is 18.0 Å². The third-order valence-electron chi connectivity index (χ3n) is 3.13. The van der Waals surface area contributed by atoms with Crippen molar-refractivity contribution in [2.75, 3.05) is 5.32 Å². The molecule has 1 atom stereocenters. The molecule has 20 heavy (non-hydrogen) atoms. The Morgan fingerprint density at radius 2 is 2.00 bits per heavy atom. The Morgan fingerprint density at radius 1 is 1.35 bits per heavy atom. The molecule has 0 saturated heterocycles. The molecule has 1 rings (SSSR count). The zero-order valence-corrected chi connectivity index (χ0v) is 13.3. The molecule has 0 aromatic carbocycles. The van der Waals surface area contributed by atoms with Crippen LogP contribution in [0, 0.1) is 18.3 Å². The van der Waals surface area contributed by atoms with Crippen LogP contribution < -0.4 is 10.6 Å². The van der Waals surface area contributed by atoms with Gasteiger partial charge in [0.15, 0.2) is 0 Å². The molecule has 1 heterocycles. The van der Waals surface area contributed by atoms with Gasteiger partial charge in [0.05, 0.1) is 6.04 Å². The maximum Gasteiger partial charge on any atom is 0.322 e. The molecule has 6 heteroatoms. The summed E-state index contributed by atoms with van der Waals surface area (Å²) in [6.45, 7) is 8.16. The van der Waals surface area contributed by atoms with E-state index in [1.807, 2.05) is 13.8 Å². The van der Waals surface area contributed by atoms with E-state index in [0.29, 0.717) is 11.0 Å².